The molecule has 1 aliphatic heterocycles. The maximum Gasteiger partial charge on any atom is 0.394 e. The van der Waals surface area contributed by atoms with Crippen LogP contribution in [0.4, 0.5) is 18.9 Å². The third-order valence-electron chi connectivity index (χ3n) is 4.71. The Labute approximate surface area is 174 Å². The van der Waals surface area contributed by atoms with E-state index in [9.17, 15) is 18.0 Å². The number of aromatic nitrogens is 4. The Morgan fingerprint density at radius 1 is 1.19 bits per heavy atom. The largest absolute Gasteiger partial charge is 0.491 e. The van der Waals surface area contributed by atoms with E-state index in [1.807, 2.05) is 0 Å². The number of hydrogen-bond donors (Lipinski definition) is 1. The number of nitrogens with one attached hydrogen (secondary N) is 1. The second-order valence-corrected chi connectivity index (χ2v) is 6.64. The molecule has 160 valence electrons. The number of alkyl halides is 3. The fraction of sp³-hybridized carbons (Fsp3) is 0.200. The number of ether oxygens (including phenoxy) is 2. The number of hydrogen-bond acceptors (Lipinski definition) is 6. The summed E-state index contributed by atoms with van der Waals surface area (Å²) in [5, 5.41) is 5.98. The number of rotatable bonds is 5. The number of pyridine rings is 2. The monoisotopic (exact) mass is 431 g/mol. The first-order valence-electron chi connectivity index (χ1n) is 8.95. The number of H-pyrrole nitrogens is 1. The van der Waals surface area contributed by atoms with E-state index < -0.39 is 18.5 Å². The fourth-order valence-corrected chi connectivity index (χ4v) is 3.32. The van der Waals surface area contributed by atoms with Crippen LogP contribution in [0.5, 0.6) is 11.6 Å². The van der Waals surface area contributed by atoms with Crippen molar-refractivity contribution in [2.45, 2.75) is 12.6 Å². The van der Waals surface area contributed by atoms with Gasteiger partial charge >= 0.3 is 6.18 Å². The molecule has 8 nitrogen and oxygen atoms in total. The summed E-state index contributed by atoms with van der Waals surface area (Å²) in [5.41, 5.74) is 1.46. The van der Waals surface area contributed by atoms with E-state index in [1.165, 1.54) is 20.4 Å². The first kappa shape index (κ1) is 20.4. The number of carbonyl (C=O) groups is 1. The standard InChI is InChI=1S/C20H16F3N5O3/c1-10-17-12(19(29)28(10)15-9-25-27-14(15)7-20(21,22)23)4-5-13(26-17)11-6-16(30-2)18(31-3)24-8-11/h4-6,8-9H,1,7H2,2-3H3,(H,25,27). The van der Waals surface area contributed by atoms with Crippen molar-refractivity contribution < 1.29 is 27.4 Å². The minimum Gasteiger partial charge on any atom is -0.491 e. The normalized spacial score (nSPS) is 13.5. The van der Waals surface area contributed by atoms with Gasteiger partial charge in [-0.3, -0.25) is 14.8 Å². The van der Waals surface area contributed by atoms with Gasteiger partial charge in [0, 0.05) is 11.8 Å². The van der Waals surface area contributed by atoms with Crippen LogP contribution < -0.4 is 14.4 Å². The first-order chi connectivity index (χ1) is 14.7. The molecule has 0 unspecified atom stereocenters. The molecule has 0 aliphatic carbocycles. The van der Waals surface area contributed by atoms with Gasteiger partial charge in [0.25, 0.3) is 11.8 Å². The van der Waals surface area contributed by atoms with Gasteiger partial charge in [0.2, 0.25) is 0 Å². The number of fused-ring (bicyclic) bond motifs is 1. The zero-order valence-corrected chi connectivity index (χ0v) is 16.4. The summed E-state index contributed by atoms with van der Waals surface area (Å²) < 4.78 is 49.0. The first-order valence-corrected chi connectivity index (χ1v) is 8.95. The number of carbonyl (C=O) groups excluding carboxylic acids is 1. The number of aromatic amines is 1. The quantitative estimate of drug-likeness (QED) is 0.663. The minimum absolute atomic E-state index is 0.0142. The van der Waals surface area contributed by atoms with E-state index in [1.54, 1.807) is 18.2 Å². The van der Waals surface area contributed by atoms with Crippen molar-refractivity contribution in [2.75, 3.05) is 19.1 Å². The molecular formula is C20H16F3N5O3. The van der Waals surface area contributed by atoms with Crippen LogP contribution in [-0.2, 0) is 6.42 Å². The number of amides is 1. The predicted molar refractivity (Wildman–Crippen MR) is 105 cm³/mol. The molecule has 3 aromatic rings. The average Bonchev–Trinajstić information content (AvgIpc) is 3.27. The number of nitrogens with zero attached hydrogens (tertiary/aromatic N) is 4. The lowest BCUT2D eigenvalue weighted by molar-refractivity contribution is -0.127. The van der Waals surface area contributed by atoms with Gasteiger partial charge in [-0.05, 0) is 18.2 Å². The summed E-state index contributed by atoms with van der Waals surface area (Å²) in [6.07, 6.45) is -3.03. The Hall–Kier alpha value is -3.89. The van der Waals surface area contributed by atoms with E-state index in [-0.39, 0.29) is 28.3 Å². The van der Waals surface area contributed by atoms with Gasteiger partial charge in [0.15, 0.2) is 5.75 Å². The average molecular weight is 431 g/mol. The van der Waals surface area contributed by atoms with Crippen molar-refractivity contribution in [3.8, 4) is 22.9 Å². The van der Waals surface area contributed by atoms with E-state index in [2.05, 4.69) is 26.7 Å². The van der Waals surface area contributed by atoms with Crippen molar-refractivity contribution >= 4 is 17.3 Å². The van der Waals surface area contributed by atoms with Crippen molar-refractivity contribution in [3.05, 3.63) is 54.1 Å². The Bertz CT molecular complexity index is 1190. The van der Waals surface area contributed by atoms with Gasteiger partial charge in [-0.2, -0.15) is 18.3 Å². The molecule has 0 fully saturated rings. The highest BCUT2D eigenvalue weighted by Gasteiger charge is 2.38. The molecule has 4 rings (SSSR count). The van der Waals surface area contributed by atoms with Crippen molar-refractivity contribution in [2.24, 2.45) is 0 Å². The molecule has 0 spiro atoms. The molecule has 0 atom stereocenters. The summed E-state index contributed by atoms with van der Waals surface area (Å²) >= 11 is 0. The van der Waals surface area contributed by atoms with Crippen LogP contribution in [0.1, 0.15) is 21.7 Å². The topological polar surface area (TPSA) is 93.2 Å². The Morgan fingerprint density at radius 3 is 2.65 bits per heavy atom. The maximum absolute atomic E-state index is 12.9. The number of methoxy groups -OCH3 is 2. The Kier molecular flexibility index (Phi) is 4.88. The molecule has 3 aromatic heterocycles. The van der Waals surface area contributed by atoms with Crippen LogP contribution in [-0.4, -0.2) is 46.5 Å². The van der Waals surface area contributed by atoms with Crippen molar-refractivity contribution in [1.29, 1.82) is 0 Å². The molecular weight excluding hydrogens is 415 g/mol. The minimum atomic E-state index is -4.47. The summed E-state index contributed by atoms with van der Waals surface area (Å²) in [4.78, 5) is 22.7. The van der Waals surface area contributed by atoms with Crippen molar-refractivity contribution in [1.82, 2.24) is 20.2 Å². The SMILES string of the molecule is C=C1c2nc(-c3cnc(OC)c(OC)c3)ccc2C(=O)N1c1cn[nH]c1CC(F)(F)F. The Morgan fingerprint density at radius 2 is 1.97 bits per heavy atom. The summed E-state index contributed by atoms with van der Waals surface area (Å²) in [6, 6.07) is 4.84. The molecule has 0 bridgehead atoms. The van der Waals surface area contributed by atoms with Gasteiger partial charge in [-0.25, -0.2) is 9.97 Å². The van der Waals surface area contributed by atoms with Crippen LogP contribution in [0.25, 0.3) is 17.0 Å². The highest BCUT2D eigenvalue weighted by atomic mass is 19.4. The van der Waals surface area contributed by atoms with Gasteiger partial charge in [0.05, 0.1) is 55.2 Å². The summed E-state index contributed by atoms with van der Waals surface area (Å²) in [5.74, 6) is 0.165. The molecule has 11 heteroatoms. The molecule has 0 saturated carbocycles. The second kappa shape index (κ2) is 7.42. The molecule has 0 aromatic carbocycles. The number of anilines is 1. The van der Waals surface area contributed by atoms with Crippen LogP contribution in [0.2, 0.25) is 0 Å². The lowest BCUT2D eigenvalue weighted by Gasteiger charge is -2.17. The van der Waals surface area contributed by atoms with E-state index in [0.29, 0.717) is 22.9 Å². The lowest BCUT2D eigenvalue weighted by Crippen LogP contribution is -2.24. The zero-order chi connectivity index (χ0) is 22.3. The highest BCUT2D eigenvalue weighted by Crippen LogP contribution is 2.38. The van der Waals surface area contributed by atoms with E-state index in [4.69, 9.17) is 9.47 Å². The van der Waals surface area contributed by atoms with E-state index in [0.717, 1.165) is 11.1 Å². The Balaban J connectivity index is 1.72. The molecule has 0 saturated heterocycles. The third kappa shape index (κ3) is 3.58. The predicted octanol–water partition coefficient (Wildman–Crippen LogP) is 3.62. The van der Waals surface area contributed by atoms with Gasteiger partial charge in [-0.1, -0.05) is 6.58 Å². The molecule has 1 aliphatic rings. The van der Waals surface area contributed by atoms with E-state index >= 15 is 0 Å². The van der Waals surface area contributed by atoms with Gasteiger partial charge in [0.1, 0.15) is 5.69 Å². The zero-order valence-electron chi connectivity index (χ0n) is 16.4. The fourth-order valence-electron chi connectivity index (χ4n) is 3.32. The molecule has 0 radical (unpaired) electrons. The maximum atomic E-state index is 12.9. The van der Waals surface area contributed by atoms with Crippen LogP contribution in [0.15, 0.2) is 37.2 Å². The number of halogens is 3. The van der Waals surface area contributed by atoms with Crippen molar-refractivity contribution in [3.63, 3.8) is 0 Å². The molecule has 1 amide bonds. The lowest BCUT2D eigenvalue weighted by atomic mass is 10.1. The van der Waals surface area contributed by atoms with Crippen LogP contribution in [0, 0.1) is 0 Å². The van der Waals surface area contributed by atoms with Crippen LogP contribution >= 0.6 is 0 Å². The molecule has 1 N–H and O–H groups in total. The second-order valence-electron chi connectivity index (χ2n) is 6.64. The summed E-state index contributed by atoms with van der Waals surface area (Å²) in [7, 11) is 2.94. The van der Waals surface area contributed by atoms with Gasteiger partial charge in [-0.15, -0.1) is 0 Å². The van der Waals surface area contributed by atoms with Gasteiger partial charge < -0.3 is 9.47 Å². The molecule has 31 heavy (non-hydrogen) atoms. The smallest absolute Gasteiger partial charge is 0.394 e. The highest BCUT2D eigenvalue weighted by molar-refractivity contribution is 6.21. The van der Waals surface area contributed by atoms with Crippen LogP contribution in [0.3, 0.4) is 0 Å². The molecule has 4 heterocycles. The summed E-state index contributed by atoms with van der Waals surface area (Å²) in [6.45, 7) is 3.88. The third-order valence-corrected chi connectivity index (χ3v) is 4.71.